The third kappa shape index (κ3) is 8.26. The molecule has 0 rings (SSSR count). The van der Waals surface area contributed by atoms with Gasteiger partial charge in [-0.05, 0) is 0 Å². The summed E-state index contributed by atoms with van der Waals surface area (Å²) < 4.78 is 34.6. The van der Waals surface area contributed by atoms with Crippen LogP contribution in [-0.2, 0) is 0 Å². The van der Waals surface area contributed by atoms with Crippen molar-refractivity contribution in [2.45, 2.75) is 12.6 Å². The van der Waals surface area contributed by atoms with Crippen LogP contribution in [0.2, 0.25) is 0 Å². The molecule has 0 bridgehead atoms. The third-order valence-corrected chi connectivity index (χ3v) is 1.11. The highest BCUT2D eigenvalue weighted by molar-refractivity contribution is 14.1. The molecule has 0 aliphatic heterocycles. The molecule has 0 nitrogen and oxygen atoms in total. The lowest BCUT2D eigenvalue weighted by Crippen LogP contribution is -2.03. The quantitative estimate of drug-likeness (QED) is 0.401. The molecule has 0 N–H and O–H groups in total. The van der Waals surface area contributed by atoms with Gasteiger partial charge in [-0.1, -0.05) is 34.7 Å². The summed E-state index contributed by atoms with van der Waals surface area (Å²) in [6.07, 6.45) is -2.22. The molecule has 0 aromatic carbocycles. The Balaban J connectivity index is 3.38. The van der Waals surface area contributed by atoms with Gasteiger partial charge in [0.05, 0.1) is 6.42 Å². The molecule has 0 fully saturated rings. The summed E-state index contributed by atoms with van der Waals surface area (Å²) in [4.78, 5) is 0. The second-order valence-electron chi connectivity index (χ2n) is 1.45. The zero-order chi connectivity index (χ0) is 7.33. The van der Waals surface area contributed by atoms with Crippen LogP contribution in [0.1, 0.15) is 6.42 Å². The molecule has 0 saturated heterocycles. The van der Waals surface area contributed by atoms with E-state index in [1.165, 1.54) is 6.08 Å². The van der Waals surface area contributed by atoms with Gasteiger partial charge in [0, 0.05) is 4.43 Å². The van der Waals surface area contributed by atoms with Gasteiger partial charge in [0.15, 0.2) is 0 Å². The molecule has 0 aromatic rings. The topological polar surface area (TPSA) is 0 Å². The van der Waals surface area contributed by atoms with Crippen molar-refractivity contribution in [2.24, 2.45) is 0 Å². The number of allylic oxidation sites excluding steroid dienone is 2. The first kappa shape index (κ1) is 9.26. The molecular formula is C5H6F3I. The van der Waals surface area contributed by atoms with E-state index in [9.17, 15) is 13.2 Å². The fourth-order valence-electron chi connectivity index (χ4n) is 0.280. The number of halogens is 4. The van der Waals surface area contributed by atoms with E-state index in [2.05, 4.69) is 0 Å². The lowest BCUT2D eigenvalue weighted by molar-refractivity contribution is -0.125. The lowest BCUT2D eigenvalue weighted by atomic mass is 10.4. The molecule has 0 aliphatic rings. The largest absolute Gasteiger partial charge is 0.392 e. The molecular weight excluding hydrogens is 244 g/mol. The van der Waals surface area contributed by atoms with Gasteiger partial charge in [0.25, 0.3) is 0 Å². The number of alkyl halides is 4. The maximum absolute atomic E-state index is 11.3. The predicted molar refractivity (Wildman–Crippen MR) is 38.7 cm³/mol. The van der Waals surface area contributed by atoms with Crippen LogP contribution in [0.3, 0.4) is 0 Å². The highest BCUT2D eigenvalue weighted by Gasteiger charge is 2.24. The van der Waals surface area contributed by atoms with Gasteiger partial charge in [-0.25, -0.2) is 0 Å². The highest BCUT2D eigenvalue weighted by atomic mass is 127. The molecule has 0 spiro atoms. The number of hydrogen-bond donors (Lipinski definition) is 0. The highest BCUT2D eigenvalue weighted by Crippen LogP contribution is 2.19. The van der Waals surface area contributed by atoms with E-state index < -0.39 is 12.6 Å². The molecule has 0 unspecified atom stereocenters. The van der Waals surface area contributed by atoms with E-state index in [0.717, 1.165) is 6.08 Å². The first-order chi connectivity index (χ1) is 4.06. The van der Waals surface area contributed by atoms with Crippen LogP contribution in [-0.4, -0.2) is 10.6 Å². The molecule has 0 aliphatic carbocycles. The molecule has 0 radical (unpaired) electrons. The average Bonchev–Trinajstić information content (AvgIpc) is 1.63. The van der Waals surface area contributed by atoms with Crippen molar-refractivity contribution in [3.63, 3.8) is 0 Å². The van der Waals surface area contributed by atoms with E-state index in [1.54, 1.807) is 0 Å². The Morgan fingerprint density at radius 3 is 2.11 bits per heavy atom. The Morgan fingerprint density at radius 1 is 1.22 bits per heavy atom. The Labute approximate surface area is 65.3 Å². The van der Waals surface area contributed by atoms with Crippen LogP contribution in [0, 0.1) is 0 Å². The van der Waals surface area contributed by atoms with E-state index >= 15 is 0 Å². The zero-order valence-corrected chi connectivity index (χ0v) is 6.74. The number of hydrogen-bond acceptors (Lipinski definition) is 0. The predicted octanol–water partition coefficient (Wildman–Crippen LogP) is 2.93. The van der Waals surface area contributed by atoms with Crippen molar-refractivity contribution in [1.82, 2.24) is 0 Å². The Kier molecular flexibility index (Phi) is 4.26. The first-order valence-corrected chi connectivity index (χ1v) is 3.86. The minimum Gasteiger partial charge on any atom is -0.171 e. The Bertz CT molecular complexity index is 94.9. The Morgan fingerprint density at radius 2 is 1.78 bits per heavy atom. The van der Waals surface area contributed by atoms with Crippen LogP contribution < -0.4 is 0 Å². The monoisotopic (exact) mass is 250 g/mol. The minimum absolute atomic E-state index is 0.633. The third-order valence-electron chi connectivity index (χ3n) is 0.605. The summed E-state index contributed by atoms with van der Waals surface area (Å²) in [5, 5.41) is 0. The second-order valence-corrected chi connectivity index (χ2v) is 2.33. The summed E-state index contributed by atoms with van der Waals surface area (Å²) in [6, 6.07) is 0. The van der Waals surface area contributed by atoms with Crippen molar-refractivity contribution in [3.8, 4) is 0 Å². The van der Waals surface area contributed by atoms with Gasteiger partial charge >= 0.3 is 6.18 Å². The molecule has 4 heteroatoms. The van der Waals surface area contributed by atoms with Crippen molar-refractivity contribution in [1.29, 1.82) is 0 Å². The molecule has 54 valence electrons. The molecule has 0 heterocycles. The zero-order valence-electron chi connectivity index (χ0n) is 4.58. The van der Waals surface area contributed by atoms with Crippen LogP contribution in [0.15, 0.2) is 12.2 Å². The Hall–Kier alpha value is 0.260. The fourth-order valence-corrected chi connectivity index (χ4v) is 0.640. The van der Waals surface area contributed by atoms with Crippen LogP contribution in [0.5, 0.6) is 0 Å². The molecule has 0 aromatic heterocycles. The van der Waals surface area contributed by atoms with Crippen molar-refractivity contribution < 1.29 is 13.2 Å². The van der Waals surface area contributed by atoms with Crippen molar-refractivity contribution in [2.75, 3.05) is 4.43 Å². The minimum atomic E-state index is -4.04. The van der Waals surface area contributed by atoms with Crippen LogP contribution in [0.25, 0.3) is 0 Å². The van der Waals surface area contributed by atoms with E-state index in [4.69, 9.17) is 0 Å². The summed E-state index contributed by atoms with van der Waals surface area (Å²) >= 11 is 1.98. The maximum atomic E-state index is 11.3. The van der Waals surface area contributed by atoms with E-state index in [1.807, 2.05) is 22.6 Å². The molecule has 9 heavy (non-hydrogen) atoms. The fraction of sp³-hybridized carbons (Fsp3) is 0.600. The van der Waals surface area contributed by atoms with Gasteiger partial charge < -0.3 is 0 Å². The van der Waals surface area contributed by atoms with Crippen LogP contribution in [0.4, 0.5) is 13.2 Å². The average molecular weight is 250 g/mol. The van der Waals surface area contributed by atoms with Gasteiger partial charge in [0.1, 0.15) is 0 Å². The summed E-state index contributed by atoms with van der Waals surface area (Å²) in [6.45, 7) is 0. The smallest absolute Gasteiger partial charge is 0.171 e. The van der Waals surface area contributed by atoms with Crippen molar-refractivity contribution >= 4 is 22.6 Å². The summed E-state index contributed by atoms with van der Waals surface area (Å²) in [5.74, 6) is 0. The van der Waals surface area contributed by atoms with Gasteiger partial charge in [-0.3, -0.25) is 0 Å². The second kappa shape index (κ2) is 4.14. The van der Waals surface area contributed by atoms with E-state index in [-0.39, 0.29) is 0 Å². The number of rotatable bonds is 2. The molecule has 0 saturated carbocycles. The SMILES string of the molecule is FC(F)(F)C/C=C/CI. The first-order valence-electron chi connectivity index (χ1n) is 2.34. The van der Waals surface area contributed by atoms with Gasteiger partial charge in [-0.2, -0.15) is 13.2 Å². The van der Waals surface area contributed by atoms with Crippen molar-refractivity contribution in [3.05, 3.63) is 12.2 Å². The van der Waals surface area contributed by atoms with Crippen LogP contribution >= 0.6 is 22.6 Å². The molecule has 0 atom stereocenters. The van der Waals surface area contributed by atoms with Gasteiger partial charge in [0.2, 0.25) is 0 Å². The van der Waals surface area contributed by atoms with Gasteiger partial charge in [-0.15, -0.1) is 0 Å². The van der Waals surface area contributed by atoms with E-state index in [0.29, 0.717) is 4.43 Å². The molecule has 0 amide bonds. The maximum Gasteiger partial charge on any atom is 0.392 e. The lowest BCUT2D eigenvalue weighted by Gasteiger charge is -1.98. The summed E-state index contributed by atoms with van der Waals surface area (Å²) in [7, 11) is 0. The normalized spacial score (nSPS) is 12.9. The summed E-state index contributed by atoms with van der Waals surface area (Å²) in [5.41, 5.74) is 0. The standard InChI is InChI=1S/C5H6F3I/c6-5(7,8)3-1-2-4-9/h1-2H,3-4H2/b2-1+.